The van der Waals surface area contributed by atoms with Gasteiger partial charge in [-0.2, -0.15) is 5.26 Å². The number of para-hydroxylation sites is 1. The molecule has 0 aliphatic rings. The molecule has 62 heavy (non-hydrogen) atoms. The van der Waals surface area contributed by atoms with Crippen LogP contribution in [0.5, 0.6) is 0 Å². The Morgan fingerprint density at radius 1 is 0.597 bits per heavy atom. The lowest BCUT2D eigenvalue weighted by atomic mass is 9.86. The number of allylic oxidation sites excluding steroid dienone is 1. The third kappa shape index (κ3) is 6.96. The standard InChI is InChI=1S/C56H41N5O/c1-36-43(44-23-14-15-25-51(44)62-36)24-16-26-52-58-54(40-21-12-7-13-22-40)60-55(59-52)41-32-45(38-17-8-5-9-18-38)53(46(33-41)39-19-10-6-11-20-39)61-49-29-27-37(35-57)31-47(49)48-34-42(56(2,3)4)28-30-50(48)61/h5-34H,1H2,2-4H3/b26-16+,43-24+. The maximum absolute atomic E-state index is 10.1. The Kier molecular flexibility index (Phi) is 9.50. The summed E-state index contributed by atoms with van der Waals surface area (Å²) in [6, 6.07) is 58.5. The minimum absolute atomic E-state index is 0.0690. The van der Waals surface area contributed by atoms with Gasteiger partial charge < -0.3 is 8.98 Å². The number of nitriles is 1. The number of hydrogen-bond donors (Lipinski definition) is 0. The molecule has 0 unspecified atom stereocenters. The number of rotatable bonds is 7. The van der Waals surface area contributed by atoms with Crippen LogP contribution >= 0.6 is 0 Å². The Bertz CT molecular complexity index is 3450. The number of benzene rings is 7. The molecule has 0 bridgehead atoms. The molecule has 0 atom stereocenters. The number of furan rings is 1. The van der Waals surface area contributed by atoms with Crippen LogP contribution in [0.1, 0.15) is 37.7 Å². The van der Waals surface area contributed by atoms with Gasteiger partial charge in [0.1, 0.15) is 11.0 Å². The zero-order chi connectivity index (χ0) is 42.4. The quantitative estimate of drug-likeness (QED) is 0.160. The molecule has 0 radical (unpaired) electrons. The first kappa shape index (κ1) is 38.1. The molecule has 0 saturated carbocycles. The number of hydrogen-bond acceptors (Lipinski definition) is 5. The van der Waals surface area contributed by atoms with E-state index in [2.05, 4.69) is 123 Å². The molecule has 3 heterocycles. The molecular weight excluding hydrogens is 759 g/mol. The predicted octanol–water partition coefficient (Wildman–Crippen LogP) is 12.5. The van der Waals surface area contributed by atoms with Crippen molar-refractivity contribution in [2.45, 2.75) is 26.2 Å². The molecular formula is C56H41N5O. The van der Waals surface area contributed by atoms with Crippen molar-refractivity contribution in [3.63, 3.8) is 0 Å². The molecule has 0 N–H and O–H groups in total. The summed E-state index contributed by atoms with van der Waals surface area (Å²) in [7, 11) is 0. The van der Waals surface area contributed by atoms with E-state index in [0.717, 1.165) is 77.1 Å². The fourth-order valence-corrected chi connectivity index (χ4v) is 8.32. The highest BCUT2D eigenvalue weighted by Gasteiger charge is 2.24. The second-order valence-corrected chi connectivity index (χ2v) is 16.5. The lowest BCUT2D eigenvalue weighted by Crippen LogP contribution is -2.17. The SMILES string of the molecule is C=c1oc2ccccc2/c1=C/C=C/c1nc(-c2ccccc2)nc(-c2cc(-c3ccccc3)c(-n3c4ccc(C#N)cc4c4cc(C(C)(C)C)ccc43)c(-c3ccccc3)c2)n1. The zero-order valence-electron chi connectivity index (χ0n) is 34.7. The van der Waals surface area contributed by atoms with Crippen molar-refractivity contribution in [3.05, 3.63) is 197 Å². The van der Waals surface area contributed by atoms with Crippen molar-refractivity contribution in [2.24, 2.45) is 0 Å². The highest BCUT2D eigenvalue weighted by atomic mass is 16.3. The van der Waals surface area contributed by atoms with Gasteiger partial charge in [0, 0.05) is 43.6 Å². The van der Waals surface area contributed by atoms with E-state index in [0.29, 0.717) is 28.5 Å². The van der Waals surface area contributed by atoms with Crippen molar-refractivity contribution in [1.29, 1.82) is 5.26 Å². The van der Waals surface area contributed by atoms with E-state index in [1.54, 1.807) is 0 Å². The maximum Gasteiger partial charge on any atom is 0.164 e. The molecule has 10 rings (SSSR count). The summed E-state index contributed by atoms with van der Waals surface area (Å²) in [6.45, 7) is 10.9. The Balaban J connectivity index is 1.26. The highest BCUT2D eigenvalue weighted by molar-refractivity contribution is 6.11. The van der Waals surface area contributed by atoms with E-state index in [9.17, 15) is 5.26 Å². The summed E-state index contributed by atoms with van der Waals surface area (Å²) in [5.41, 5.74) is 12.1. The number of nitrogens with zero attached hydrogens (tertiary/aromatic N) is 5. The lowest BCUT2D eigenvalue weighted by Gasteiger charge is -2.22. The van der Waals surface area contributed by atoms with E-state index >= 15 is 0 Å². The first-order valence-corrected chi connectivity index (χ1v) is 20.7. The van der Waals surface area contributed by atoms with Gasteiger partial charge in [-0.05, 0) is 76.7 Å². The normalized spacial score (nSPS) is 12.2. The summed E-state index contributed by atoms with van der Waals surface area (Å²) in [4.78, 5) is 15.3. The molecule has 296 valence electrons. The third-order valence-electron chi connectivity index (χ3n) is 11.4. The van der Waals surface area contributed by atoms with E-state index in [-0.39, 0.29) is 5.41 Å². The molecule has 0 spiro atoms. The van der Waals surface area contributed by atoms with Gasteiger partial charge in [-0.1, -0.05) is 155 Å². The van der Waals surface area contributed by atoms with Crippen LogP contribution in [0, 0.1) is 11.3 Å². The Morgan fingerprint density at radius 2 is 1.16 bits per heavy atom. The molecule has 0 aliphatic heterocycles. The van der Waals surface area contributed by atoms with Crippen LogP contribution in [0.25, 0.3) is 102 Å². The monoisotopic (exact) mass is 799 g/mol. The summed E-state index contributed by atoms with van der Waals surface area (Å²) in [6.07, 6.45) is 5.84. The van der Waals surface area contributed by atoms with Crippen LogP contribution in [0.2, 0.25) is 0 Å². The summed E-state index contributed by atoms with van der Waals surface area (Å²) in [5.74, 6) is 1.63. The second-order valence-electron chi connectivity index (χ2n) is 16.5. The molecule has 6 heteroatoms. The van der Waals surface area contributed by atoms with Crippen molar-refractivity contribution in [1.82, 2.24) is 19.5 Å². The van der Waals surface area contributed by atoms with Gasteiger partial charge >= 0.3 is 0 Å². The van der Waals surface area contributed by atoms with Crippen LogP contribution < -0.4 is 10.6 Å². The summed E-state index contributed by atoms with van der Waals surface area (Å²) >= 11 is 0. The third-order valence-corrected chi connectivity index (χ3v) is 11.4. The summed E-state index contributed by atoms with van der Waals surface area (Å²) in [5, 5.41) is 14.1. The van der Waals surface area contributed by atoms with Crippen molar-refractivity contribution in [2.75, 3.05) is 0 Å². The minimum atomic E-state index is -0.0690. The average molecular weight is 800 g/mol. The van der Waals surface area contributed by atoms with E-state index in [1.165, 1.54) is 5.56 Å². The van der Waals surface area contributed by atoms with Crippen LogP contribution in [-0.4, -0.2) is 19.5 Å². The number of aromatic nitrogens is 4. The molecule has 7 aromatic carbocycles. The fraction of sp³-hybridized carbons (Fsp3) is 0.0714. The van der Waals surface area contributed by atoms with Gasteiger partial charge in [0.2, 0.25) is 0 Å². The maximum atomic E-state index is 10.1. The van der Waals surface area contributed by atoms with Gasteiger partial charge in [0.05, 0.1) is 28.4 Å². The topological polar surface area (TPSA) is 80.5 Å². The van der Waals surface area contributed by atoms with Crippen molar-refractivity contribution < 1.29 is 4.42 Å². The molecule has 0 saturated heterocycles. The van der Waals surface area contributed by atoms with E-state index in [4.69, 9.17) is 19.4 Å². The van der Waals surface area contributed by atoms with Crippen LogP contribution in [0.3, 0.4) is 0 Å². The van der Waals surface area contributed by atoms with Gasteiger partial charge in [-0.15, -0.1) is 0 Å². The molecule has 3 aromatic heterocycles. The predicted molar refractivity (Wildman–Crippen MR) is 254 cm³/mol. The van der Waals surface area contributed by atoms with Crippen molar-refractivity contribution >= 4 is 51.5 Å². The van der Waals surface area contributed by atoms with Gasteiger partial charge in [0.15, 0.2) is 17.5 Å². The molecule has 0 aliphatic carbocycles. The second kappa shape index (κ2) is 15.5. The lowest BCUT2D eigenvalue weighted by molar-refractivity contribution is 0.577. The van der Waals surface area contributed by atoms with Gasteiger partial charge in [-0.25, -0.2) is 15.0 Å². The van der Waals surface area contributed by atoms with Crippen LogP contribution in [0.4, 0.5) is 0 Å². The average Bonchev–Trinajstić information content (AvgIpc) is 3.81. The summed E-state index contributed by atoms with van der Waals surface area (Å²) < 4.78 is 8.30. The van der Waals surface area contributed by atoms with Gasteiger partial charge in [-0.3, -0.25) is 0 Å². The fourth-order valence-electron chi connectivity index (χ4n) is 8.32. The van der Waals surface area contributed by atoms with Gasteiger partial charge in [0.25, 0.3) is 0 Å². The van der Waals surface area contributed by atoms with Crippen LogP contribution in [0.15, 0.2) is 174 Å². The van der Waals surface area contributed by atoms with E-state index in [1.807, 2.05) is 97.1 Å². The molecule has 10 aromatic rings. The Hall–Kier alpha value is -8.14. The van der Waals surface area contributed by atoms with E-state index < -0.39 is 0 Å². The Labute approximate surface area is 359 Å². The first-order valence-electron chi connectivity index (χ1n) is 20.7. The first-order chi connectivity index (χ1) is 30.2. The zero-order valence-corrected chi connectivity index (χ0v) is 34.7. The highest BCUT2D eigenvalue weighted by Crippen LogP contribution is 2.44. The minimum Gasteiger partial charge on any atom is -0.457 e. The Morgan fingerprint density at radius 3 is 1.79 bits per heavy atom. The molecule has 0 amide bonds. The largest absolute Gasteiger partial charge is 0.457 e. The van der Waals surface area contributed by atoms with Crippen LogP contribution in [-0.2, 0) is 5.41 Å². The number of fused-ring (bicyclic) bond motifs is 4. The smallest absolute Gasteiger partial charge is 0.164 e. The molecule has 6 nitrogen and oxygen atoms in total. The van der Waals surface area contributed by atoms with Crippen molar-refractivity contribution in [3.8, 4) is 56.8 Å². The molecule has 0 fully saturated rings.